The minimum atomic E-state index is -0.428. The van der Waals surface area contributed by atoms with E-state index in [1.54, 1.807) is 0 Å². The summed E-state index contributed by atoms with van der Waals surface area (Å²) in [5, 5.41) is 10.1. The molecule has 0 radical (unpaired) electrons. The first-order valence-corrected chi connectivity index (χ1v) is 11.0. The Morgan fingerprint density at radius 2 is 1.64 bits per heavy atom. The summed E-state index contributed by atoms with van der Waals surface area (Å²) in [5.74, 6) is 0.806. The van der Waals surface area contributed by atoms with Gasteiger partial charge in [0, 0.05) is 11.8 Å². The normalized spacial score (nSPS) is 42.1. The van der Waals surface area contributed by atoms with Crippen LogP contribution >= 0.6 is 0 Å². The third-order valence-electron chi connectivity index (χ3n) is 7.29. The van der Waals surface area contributed by atoms with Crippen LogP contribution in [0.1, 0.15) is 65.7 Å². The van der Waals surface area contributed by atoms with Gasteiger partial charge in [-0.05, 0) is 77.6 Å². The molecule has 0 aliphatic heterocycles. The standard InChI is InChI=1S/C23H34O5/c1-23(2,3)28-21(25)16-5-4-14-11-17(8-6-13(14)10-16)27-22(26)19-12-15-7-9-18(19)20(15)24/h7,9,13-20,24H,4-6,8,10-12H2,1-3H3. The summed E-state index contributed by atoms with van der Waals surface area (Å²) in [6, 6.07) is 0. The second-order valence-corrected chi connectivity index (χ2v) is 10.4. The summed E-state index contributed by atoms with van der Waals surface area (Å²) < 4.78 is 11.5. The quantitative estimate of drug-likeness (QED) is 0.588. The Bertz CT molecular complexity index is 648. The van der Waals surface area contributed by atoms with Crippen LogP contribution in [0.15, 0.2) is 12.2 Å². The van der Waals surface area contributed by atoms with Crippen molar-refractivity contribution in [2.75, 3.05) is 0 Å². The van der Waals surface area contributed by atoms with Crippen LogP contribution in [-0.4, -0.2) is 34.9 Å². The lowest BCUT2D eigenvalue weighted by molar-refractivity contribution is -0.163. The molecule has 2 bridgehead atoms. The Balaban J connectivity index is 1.27. The lowest BCUT2D eigenvalue weighted by Crippen LogP contribution is -2.39. The fourth-order valence-corrected chi connectivity index (χ4v) is 5.88. The molecule has 8 unspecified atom stereocenters. The van der Waals surface area contributed by atoms with Gasteiger partial charge >= 0.3 is 11.9 Å². The van der Waals surface area contributed by atoms with Crippen molar-refractivity contribution >= 4 is 11.9 Å². The molecule has 5 heteroatoms. The highest BCUT2D eigenvalue weighted by atomic mass is 16.6. The SMILES string of the molecule is CC(C)(C)OC(=O)C1CCC2CC(OC(=O)C3CC4C=CC3C4O)CCC2C1. The van der Waals surface area contributed by atoms with Crippen molar-refractivity contribution in [2.24, 2.45) is 35.5 Å². The third kappa shape index (κ3) is 4.00. The Morgan fingerprint density at radius 3 is 2.29 bits per heavy atom. The van der Waals surface area contributed by atoms with Crippen molar-refractivity contribution in [3.8, 4) is 0 Å². The molecule has 28 heavy (non-hydrogen) atoms. The van der Waals surface area contributed by atoms with Gasteiger partial charge in [0.25, 0.3) is 0 Å². The second kappa shape index (κ2) is 7.47. The number of aliphatic hydroxyl groups excluding tert-OH is 1. The highest BCUT2D eigenvalue weighted by Crippen LogP contribution is 2.46. The maximum atomic E-state index is 12.7. The second-order valence-electron chi connectivity index (χ2n) is 10.4. The van der Waals surface area contributed by atoms with Gasteiger partial charge in [0.05, 0.1) is 17.9 Å². The Labute approximate surface area is 167 Å². The zero-order valence-electron chi connectivity index (χ0n) is 17.3. The largest absolute Gasteiger partial charge is 0.462 e. The van der Waals surface area contributed by atoms with E-state index in [0.717, 1.165) is 44.9 Å². The number of hydrogen-bond donors (Lipinski definition) is 1. The fraction of sp³-hybridized carbons (Fsp3) is 0.826. The van der Waals surface area contributed by atoms with E-state index in [-0.39, 0.29) is 41.7 Å². The van der Waals surface area contributed by atoms with Gasteiger partial charge in [-0.3, -0.25) is 9.59 Å². The highest BCUT2D eigenvalue weighted by Gasteiger charge is 2.48. The molecule has 4 rings (SSSR count). The summed E-state index contributed by atoms with van der Waals surface area (Å²) in [6.07, 6.45) is 9.93. The average Bonchev–Trinajstić information content (AvgIpc) is 3.14. The zero-order valence-corrected chi connectivity index (χ0v) is 17.3. The maximum absolute atomic E-state index is 12.7. The van der Waals surface area contributed by atoms with Crippen molar-refractivity contribution < 1.29 is 24.2 Å². The lowest BCUT2D eigenvalue weighted by atomic mass is 9.67. The van der Waals surface area contributed by atoms with Crippen LogP contribution in [0, 0.1) is 35.5 Å². The average molecular weight is 391 g/mol. The lowest BCUT2D eigenvalue weighted by Gasteiger charge is -2.41. The molecule has 0 saturated heterocycles. The van der Waals surface area contributed by atoms with Crippen LogP contribution in [-0.2, 0) is 19.1 Å². The molecule has 0 aromatic carbocycles. The molecule has 0 spiro atoms. The van der Waals surface area contributed by atoms with E-state index in [0.29, 0.717) is 11.8 Å². The van der Waals surface area contributed by atoms with Gasteiger partial charge in [0.15, 0.2) is 0 Å². The van der Waals surface area contributed by atoms with Crippen molar-refractivity contribution in [3.05, 3.63) is 12.2 Å². The summed E-state index contributed by atoms with van der Waals surface area (Å²) in [7, 11) is 0. The van der Waals surface area contributed by atoms with Gasteiger partial charge in [-0.15, -0.1) is 0 Å². The van der Waals surface area contributed by atoms with Crippen molar-refractivity contribution in [2.45, 2.75) is 83.5 Å². The number of rotatable bonds is 3. The molecule has 0 heterocycles. The Morgan fingerprint density at radius 1 is 0.929 bits per heavy atom. The smallest absolute Gasteiger partial charge is 0.309 e. The van der Waals surface area contributed by atoms with E-state index in [9.17, 15) is 14.7 Å². The summed E-state index contributed by atoms with van der Waals surface area (Å²) in [6.45, 7) is 5.75. The molecule has 8 atom stereocenters. The number of fused-ring (bicyclic) bond motifs is 3. The van der Waals surface area contributed by atoms with Gasteiger partial charge in [-0.2, -0.15) is 0 Å². The number of hydrogen-bond acceptors (Lipinski definition) is 5. The molecule has 3 saturated carbocycles. The number of esters is 2. The van der Waals surface area contributed by atoms with Crippen molar-refractivity contribution in [3.63, 3.8) is 0 Å². The van der Waals surface area contributed by atoms with Crippen LogP contribution in [0.5, 0.6) is 0 Å². The first-order chi connectivity index (χ1) is 13.2. The number of carbonyl (C=O) groups excluding carboxylic acids is 2. The van der Waals surface area contributed by atoms with E-state index in [1.165, 1.54) is 0 Å². The minimum absolute atomic E-state index is 0.00734. The van der Waals surface area contributed by atoms with E-state index in [2.05, 4.69) is 0 Å². The van der Waals surface area contributed by atoms with Gasteiger partial charge in [0.2, 0.25) is 0 Å². The summed E-state index contributed by atoms with van der Waals surface area (Å²) >= 11 is 0. The van der Waals surface area contributed by atoms with E-state index >= 15 is 0 Å². The molecule has 3 fully saturated rings. The van der Waals surface area contributed by atoms with Gasteiger partial charge in [-0.25, -0.2) is 0 Å². The van der Waals surface area contributed by atoms with E-state index in [1.807, 2.05) is 32.9 Å². The molecule has 4 aliphatic rings. The molecule has 156 valence electrons. The van der Waals surface area contributed by atoms with Crippen LogP contribution in [0.3, 0.4) is 0 Å². The van der Waals surface area contributed by atoms with Crippen LogP contribution in [0.4, 0.5) is 0 Å². The van der Waals surface area contributed by atoms with E-state index < -0.39 is 11.7 Å². The summed E-state index contributed by atoms with van der Waals surface area (Å²) in [5.41, 5.74) is -0.428. The molecule has 4 aliphatic carbocycles. The topological polar surface area (TPSA) is 72.8 Å². The number of ether oxygens (including phenoxy) is 2. The molecule has 0 aromatic heterocycles. The van der Waals surface area contributed by atoms with Crippen molar-refractivity contribution in [1.29, 1.82) is 0 Å². The monoisotopic (exact) mass is 390 g/mol. The van der Waals surface area contributed by atoms with Crippen LogP contribution in [0.2, 0.25) is 0 Å². The maximum Gasteiger partial charge on any atom is 0.309 e. The third-order valence-corrected chi connectivity index (χ3v) is 7.29. The molecule has 1 N–H and O–H groups in total. The zero-order chi connectivity index (χ0) is 20.1. The minimum Gasteiger partial charge on any atom is -0.462 e. The number of carbonyl (C=O) groups is 2. The first kappa shape index (κ1) is 19.9. The molecule has 0 aromatic rings. The van der Waals surface area contributed by atoms with Crippen LogP contribution in [0.25, 0.3) is 0 Å². The Hall–Kier alpha value is -1.36. The van der Waals surface area contributed by atoms with Gasteiger partial charge in [0.1, 0.15) is 11.7 Å². The fourth-order valence-electron chi connectivity index (χ4n) is 5.88. The molecular weight excluding hydrogens is 356 g/mol. The van der Waals surface area contributed by atoms with Gasteiger partial charge in [-0.1, -0.05) is 12.2 Å². The summed E-state index contributed by atoms with van der Waals surface area (Å²) in [4.78, 5) is 25.1. The molecule has 0 amide bonds. The first-order valence-electron chi connectivity index (χ1n) is 11.0. The Kier molecular flexibility index (Phi) is 5.32. The van der Waals surface area contributed by atoms with Gasteiger partial charge < -0.3 is 14.6 Å². The molecule has 5 nitrogen and oxygen atoms in total. The van der Waals surface area contributed by atoms with E-state index in [4.69, 9.17) is 9.47 Å². The number of aliphatic hydroxyl groups is 1. The van der Waals surface area contributed by atoms with Crippen LogP contribution < -0.4 is 0 Å². The predicted molar refractivity (Wildman–Crippen MR) is 104 cm³/mol. The van der Waals surface area contributed by atoms with Crippen molar-refractivity contribution in [1.82, 2.24) is 0 Å². The predicted octanol–water partition coefficient (Wildman–Crippen LogP) is 3.64. The molecular formula is C23H34O5. The highest BCUT2D eigenvalue weighted by molar-refractivity contribution is 5.74.